The van der Waals surface area contributed by atoms with Crippen molar-refractivity contribution in [2.45, 2.75) is 27.7 Å². The summed E-state index contributed by atoms with van der Waals surface area (Å²) in [6.45, 7) is 10.1. The van der Waals surface area contributed by atoms with E-state index in [-0.39, 0.29) is 9.03 Å². The average molecular weight is 178 g/mol. The molecule has 0 bridgehead atoms. The monoisotopic (exact) mass is 178 g/mol. The quantitative estimate of drug-likeness (QED) is 0.460. The Labute approximate surface area is 71.6 Å². The molecule has 0 aliphatic carbocycles. The topological polar surface area (TPSA) is 18.5 Å². The van der Waals surface area contributed by atoms with Gasteiger partial charge in [-0.3, -0.25) is 0 Å². The van der Waals surface area contributed by atoms with Crippen LogP contribution in [0.3, 0.4) is 0 Å². The molecule has 0 saturated heterocycles. The van der Waals surface area contributed by atoms with E-state index in [2.05, 4.69) is 27.7 Å². The second kappa shape index (κ2) is 7.02. The Hall–Kier alpha value is 0.350. The van der Waals surface area contributed by atoms with Crippen LogP contribution in [0, 0.1) is 11.8 Å². The third-order valence-corrected chi connectivity index (χ3v) is 1.52. The van der Waals surface area contributed by atoms with Gasteiger partial charge < -0.3 is 9.05 Å². The first kappa shape index (κ1) is 11.4. The molecule has 0 aliphatic rings. The standard InChI is InChI=1S/C8H19O2P/c1-7(2)5-9-11-10-6-8(3)4/h7-8,11H,5-6H2,1-4H3. The molecule has 68 valence electrons. The first-order chi connectivity index (χ1) is 5.13. The van der Waals surface area contributed by atoms with Gasteiger partial charge in [0.05, 0.1) is 13.2 Å². The summed E-state index contributed by atoms with van der Waals surface area (Å²) >= 11 is 0. The van der Waals surface area contributed by atoms with E-state index in [4.69, 9.17) is 9.05 Å². The van der Waals surface area contributed by atoms with Crippen LogP contribution >= 0.6 is 9.03 Å². The normalized spacial score (nSPS) is 11.5. The molecule has 0 aliphatic heterocycles. The lowest BCUT2D eigenvalue weighted by molar-refractivity contribution is 0.225. The fraction of sp³-hybridized carbons (Fsp3) is 1.00. The number of rotatable bonds is 6. The molecule has 0 amide bonds. The zero-order chi connectivity index (χ0) is 8.69. The van der Waals surface area contributed by atoms with Gasteiger partial charge in [0, 0.05) is 0 Å². The summed E-state index contributed by atoms with van der Waals surface area (Å²) in [4.78, 5) is 0. The summed E-state index contributed by atoms with van der Waals surface area (Å²) in [6, 6.07) is 0. The number of hydrogen-bond donors (Lipinski definition) is 0. The van der Waals surface area contributed by atoms with Crippen LogP contribution in [0.4, 0.5) is 0 Å². The first-order valence-corrected chi connectivity index (χ1v) is 4.93. The molecule has 0 saturated carbocycles. The zero-order valence-electron chi connectivity index (χ0n) is 7.89. The minimum atomic E-state index is 0.218. The minimum absolute atomic E-state index is 0.218. The molecule has 0 N–H and O–H groups in total. The smallest absolute Gasteiger partial charge is 0.155 e. The summed E-state index contributed by atoms with van der Waals surface area (Å²) in [5, 5.41) is 0. The van der Waals surface area contributed by atoms with Crippen molar-refractivity contribution in [3.05, 3.63) is 0 Å². The van der Waals surface area contributed by atoms with Crippen LogP contribution in [0.2, 0.25) is 0 Å². The molecule has 0 spiro atoms. The van der Waals surface area contributed by atoms with Crippen LogP contribution in [-0.2, 0) is 9.05 Å². The van der Waals surface area contributed by atoms with E-state index in [9.17, 15) is 0 Å². The van der Waals surface area contributed by atoms with Crippen LogP contribution in [0.1, 0.15) is 27.7 Å². The van der Waals surface area contributed by atoms with E-state index in [0.29, 0.717) is 11.8 Å². The van der Waals surface area contributed by atoms with Gasteiger partial charge in [-0.2, -0.15) is 0 Å². The van der Waals surface area contributed by atoms with Gasteiger partial charge in [0.2, 0.25) is 0 Å². The van der Waals surface area contributed by atoms with Gasteiger partial charge in [-0.25, -0.2) is 0 Å². The van der Waals surface area contributed by atoms with E-state index in [0.717, 1.165) is 13.2 Å². The highest BCUT2D eigenvalue weighted by atomic mass is 31.1. The van der Waals surface area contributed by atoms with E-state index < -0.39 is 0 Å². The molecule has 0 unspecified atom stereocenters. The molecule has 0 aromatic carbocycles. The Kier molecular flexibility index (Phi) is 7.25. The van der Waals surface area contributed by atoms with E-state index in [1.165, 1.54) is 0 Å². The molecule has 3 heteroatoms. The zero-order valence-corrected chi connectivity index (χ0v) is 8.89. The molecule has 11 heavy (non-hydrogen) atoms. The maximum Gasteiger partial charge on any atom is 0.155 e. The molecule has 2 nitrogen and oxygen atoms in total. The van der Waals surface area contributed by atoms with Crippen LogP contribution in [0.25, 0.3) is 0 Å². The predicted octanol–water partition coefficient (Wildman–Crippen LogP) is 2.84. The SMILES string of the molecule is CC(C)COPOCC(C)C. The molecule has 0 aromatic rings. The maximum absolute atomic E-state index is 5.25. The fourth-order valence-electron chi connectivity index (χ4n) is 0.443. The Bertz CT molecular complexity index is 74.2. The lowest BCUT2D eigenvalue weighted by Crippen LogP contribution is -1.98. The van der Waals surface area contributed by atoms with Gasteiger partial charge in [-0.15, -0.1) is 0 Å². The van der Waals surface area contributed by atoms with Crippen LogP contribution < -0.4 is 0 Å². The Balaban J connectivity index is 2.91. The van der Waals surface area contributed by atoms with Gasteiger partial charge in [0.25, 0.3) is 0 Å². The minimum Gasteiger partial charge on any atom is -0.336 e. The van der Waals surface area contributed by atoms with Gasteiger partial charge in [0.15, 0.2) is 9.03 Å². The third kappa shape index (κ3) is 10.4. The van der Waals surface area contributed by atoms with Gasteiger partial charge in [-0.1, -0.05) is 27.7 Å². The summed E-state index contributed by atoms with van der Waals surface area (Å²) in [5.74, 6) is 1.20. The molecule has 0 aromatic heterocycles. The van der Waals surface area contributed by atoms with E-state index >= 15 is 0 Å². The van der Waals surface area contributed by atoms with E-state index in [1.54, 1.807) is 0 Å². The molecular formula is C8H19O2P. The van der Waals surface area contributed by atoms with Crippen molar-refractivity contribution in [1.29, 1.82) is 0 Å². The van der Waals surface area contributed by atoms with Gasteiger partial charge >= 0.3 is 0 Å². The molecule has 0 radical (unpaired) electrons. The van der Waals surface area contributed by atoms with Crippen molar-refractivity contribution in [3.63, 3.8) is 0 Å². The summed E-state index contributed by atoms with van der Waals surface area (Å²) < 4.78 is 10.5. The third-order valence-electron chi connectivity index (χ3n) is 0.951. The lowest BCUT2D eigenvalue weighted by atomic mass is 10.2. The van der Waals surface area contributed by atoms with Crippen LogP contribution in [0.15, 0.2) is 0 Å². The van der Waals surface area contributed by atoms with Gasteiger partial charge in [-0.05, 0) is 11.8 Å². The summed E-state index contributed by atoms with van der Waals surface area (Å²) in [6.07, 6.45) is 0. The van der Waals surface area contributed by atoms with Gasteiger partial charge in [0.1, 0.15) is 0 Å². The highest BCUT2D eigenvalue weighted by molar-refractivity contribution is 7.26. The van der Waals surface area contributed by atoms with Crippen molar-refractivity contribution >= 4 is 9.03 Å². The second-order valence-electron chi connectivity index (χ2n) is 3.49. The Morgan fingerprint density at radius 2 is 1.27 bits per heavy atom. The average Bonchev–Trinajstić information content (AvgIpc) is 1.85. The Morgan fingerprint density at radius 3 is 1.55 bits per heavy atom. The van der Waals surface area contributed by atoms with Crippen molar-refractivity contribution in [2.24, 2.45) is 11.8 Å². The van der Waals surface area contributed by atoms with Crippen molar-refractivity contribution < 1.29 is 9.05 Å². The fourth-order valence-corrected chi connectivity index (χ4v) is 1.33. The summed E-state index contributed by atoms with van der Waals surface area (Å²) in [5.41, 5.74) is 0. The van der Waals surface area contributed by atoms with Crippen molar-refractivity contribution in [1.82, 2.24) is 0 Å². The maximum atomic E-state index is 5.25. The molecule has 0 heterocycles. The van der Waals surface area contributed by atoms with Crippen LogP contribution in [0.5, 0.6) is 0 Å². The first-order valence-electron chi connectivity index (χ1n) is 4.11. The largest absolute Gasteiger partial charge is 0.336 e. The highest BCUT2D eigenvalue weighted by Crippen LogP contribution is 2.16. The summed E-state index contributed by atoms with van der Waals surface area (Å²) in [7, 11) is 0.218. The Morgan fingerprint density at radius 1 is 0.909 bits per heavy atom. The van der Waals surface area contributed by atoms with Crippen molar-refractivity contribution in [2.75, 3.05) is 13.2 Å². The lowest BCUT2D eigenvalue weighted by Gasteiger charge is -2.07. The molecule has 0 fully saturated rings. The van der Waals surface area contributed by atoms with Crippen LogP contribution in [-0.4, -0.2) is 13.2 Å². The van der Waals surface area contributed by atoms with E-state index in [1.807, 2.05) is 0 Å². The van der Waals surface area contributed by atoms with Crippen molar-refractivity contribution in [3.8, 4) is 0 Å². The second-order valence-corrected chi connectivity index (χ2v) is 4.24. The highest BCUT2D eigenvalue weighted by Gasteiger charge is 1.95. The number of hydrogen-bond acceptors (Lipinski definition) is 2. The molecule has 0 atom stereocenters. The predicted molar refractivity (Wildman–Crippen MR) is 49.9 cm³/mol. The molecule has 0 rings (SSSR count). The molecular weight excluding hydrogens is 159 g/mol.